The summed E-state index contributed by atoms with van der Waals surface area (Å²) < 4.78 is 11.1. The summed E-state index contributed by atoms with van der Waals surface area (Å²) in [6.07, 6.45) is 0. The van der Waals surface area contributed by atoms with E-state index < -0.39 is 0 Å². The van der Waals surface area contributed by atoms with E-state index in [0.29, 0.717) is 55.9 Å². The number of ether oxygens (including phenoxy) is 1. The molecular weight excluding hydrogens is 354 g/mol. The van der Waals surface area contributed by atoms with Crippen LogP contribution in [0.4, 0.5) is 5.82 Å². The Hall–Kier alpha value is -2.34. The second-order valence-corrected chi connectivity index (χ2v) is 8.88. The lowest BCUT2D eigenvalue weighted by Crippen LogP contribution is -2.38. The monoisotopic (exact) mass is 383 g/mol. The van der Waals surface area contributed by atoms with Gasteiger partial charge in [-0.2, -0.15) is 0 Å². The van der Waals surface area contributed by atoms with Gasteiger partial charge in [0.05, 0.1) is 13.2 Å². The van der Waals surface area contributed by atoms with Crippen molar-refractivity contribution in [3.05, 3.63) is 35.9 Å². The third kappa shape index (κ3) is 3.09. The van der Waals surface area contributed by atoms with Crippen molar-refractivity contribution >= 4 is 11.7 Å². The van der Waals surface area contributed by atoms with Crippen LogP contribution >= 0.6 is 0 Å². The summed E-state index contributed by atoms with van der Waals surface area (Å²) in [4.78, 5) is 15.3. The molecule has 1 saturated carbocycles. The van der Waals surface area contributed by atoms with Crippen LogP contribution < -0.4 is 10.2 Å². The van der Waals surface area contributed by atoms with Gasteiger partial charge in [-0.1, -0.05) is 63.2 Å². The van der Waals surface area contributed by atoms with E-state index in [0.717, 1.165) is 5.56 Å². The molecule has 28 heavy (non-hydrogen) atoms. The Bertz CT molecular complexity index is 837. The zero-order valence-electron chi connectivity index (χ0n) is 17.1. The highest BCUT2D eigenvalue weighted by atomic mass is 16.5. The summed E-state index contributed by atoms with van der Waals surface area (Å²) in [5, 5.41) is 7.42. The lowest BCUT2D eigenvalue weighted by molar-refractivity contribution is 0.0948. The summed E-state index contributed by atoms with van der Waals surface area (Å²) in [6, 6.07) is 9.69. The smallest absolute Gasteiger partial charge is 0.259 e. The van der Waals surface area contributed by atoms with Crippen molar-refractivity contribution in [1.29, 1.82) is 0 Å². The number of rotatable bonds is 5. The molecule has 0 bridgehead atoms. The maximum Gasteiger partial charge on any atom is 0.259 e. The number of nitrogens with one attached hydrogen (secondary N) is 1. The molecule has 6 heteroatoms. The summed E-state index contributed by atoms with van der Waals surface area (Å²) in [7, 11) is 0. The fourth-order valence-corrected chi connectivity index (χ4v) is 4.39. The Morgan fingerprint density at radius 2 is 1.79 bits per heavy atom. The SMILES string of the molecule is CC1(C)C(CNC(=O)c2c(N3CCOCC3)noc2-c2ccccc2)C1(C)C. The number of carbonyl (C=O) groups excluding carboxylic acids is 1. The molecule has 6 nitrogen and oxygen atoms in total. The quantitative estimate of drug-likeness (QED) is 0.855. The maximum absolute atomic E-state index is 13.2. The van der Waals surface area contributed by atoms with Gasteiger partial charge in [0.15, 0.2) is 11.6 Å². The molecular formula is C22H29N3O3. The van der Waals surface area contributed by atoms with Crippen LogP contribution in [-0.4, -0.2) is 43.9 Å². The standard InChI is InChI=1S/C22H29N3O3/c1-21(2)16(22(21,3)4)14-23-20(26)17-18(15-8-6-5-7-9-15)28-24-19(17)25-10-12-27-13-11-25/h5-9,16H,10-14H2,1-4H3,(H,23,26). The van der Waals surface area contributed by atoms with Gasteiger partial charge < -0.3 is 19.5 Å². The number of hydrogen-bond donors (Lipinski definition) is 1. The molecule has 0 unspecified atom stereocenters. The summed E-state index contributed by atoms with van der Waals surface area (Å²) >= 11 is 0. The van der Waals surface area contributed by atoms with Gasteiger partial charge in [-0.25, -0.2) is 0 Å². The van der Waals surface area contributed by atoms with E-state index in [9.17, 15) is 4.79 Å². The first-order valence-electron chi connectivity index (χ1n) is 10.00. The summed E-state index contributed by atoms with van der Waals surface area (Å²) in [5.41, 5.74) is 1.82. The molecule has 0 spiro atoms. The lowest BCUT2D eigenvalue weighted by atomic mass is 10.0. The summed E-state index contributed by atoms with van der Waals surface area (Å²) in [6.45, 7) is 12.3. The van der Waals surface area contributed by atoms with Crippen molar-refractivity contribution in [2.24, 2.45) is 16.7 Å². The Labute approximate surface area is 166 Å². The first kappa shape index (κ1) is 19.0. The molecule has 0 radical (unpaired) electrons. The highest BCUT2D eigenvalue weighted by Crippen LogP contribution is 2.67. The molecule has 2 aliphatic rings. The number of anilines is 1. The average molecular weight is 383 g/mol. The highest BCUT2D eigenvalue weighted by molar-refractivity contribution is 6.04. The second kappa shape index (κ2) is 6.92. The molecule has 1 amide bonds. The second-order valence-electron chi connectivity index (χ2n) is 8.88. The molecule has 2 fully saturated rings. The Morgan fingerprint density at radius 3 is 2.39 bits per heavy atom. The van der Waals surface area contributed by atoms with Gasteiger partial charge in [0.25, 0.3) is 5.91 Å². The van der Waals surface area contributed by atoms with E-state index in [2.05, 4.69) is 43.1 Å². The highest BCUT2D eigenvalue weighted by Gasteiger charge is 2.64. The molecule has 4 rings (SSSR count). The first-order chi connectivity index (χ1) is 13.3. The Balaban J connectivity index is 1.61. The number of aromatic nitrogens is 1. The van der Waals surface area contributed by atoms with Crippen molar-refractivity contribution in [2.75, 3.05) is 37.7 Å². The minimum absolute atomic E-state index is 0.125. The molecule has 1 aliphatic heterocycles. The third-order valence-electron chi connectivity index (χ3n) is 7.03. The molecule has 1 aliphatic carbocycles. The normalized spacial score (nSPS) is 20.8. The van der Waals surface area contributed by atoms with Crippen LogP contribution in [0, 0.1) is 16.7 Å². The van der Waals surface area contributed by atoms with E-state index in [-0.39, 0.29) is 16.7 Å². The van der Waals surface area contributed by atoms with Crippen LogP contribution in [-0.2, 0) is 4.74 Å². The van der Waals surface area contributed by atoms with Gasteiger partial charge in [0.2, 0.25) is 0 Å². The Kier molecular flexibility index (Phi) is 4.70. The zero-order valence-corrected chi connectivity index (χ0v) is 17.1. The minimum atomic E-state index is -0.125. The van der Waals surface area contributed by atoms with Crippen LogP contribution in [0.15, 0.2) is 34.9 Å². The van der Waals surface area contributed by atoms with Crippen LogP contribution in [0.5, 0.6) is 0 Å². The van der Waals surface area contributed by atoms with E-state index in [1.165, 1.54) is 0 Å². The number of nitrogens with zero attached hydrogens (tertiary/aromatic N) is 2. The van der Waals surface area contributed by atoms with E-state index in [4.69, 9.17) is 9.26 Å². The molecule has 150 valence electrons. The molecule has 1 saturated heterocycles. The topological polar surface area (TPSA) is 67.6 Å². The number of benzene rings is 1. The molecule has 1 N–H and O–H groups in total. The van der Waals surface area contributed by atoms with E-state index in [1.54, 1.807) is 0 Å². The average Bonchev–Trinajstić information content (AvgIpc) is 3.02. The molecule has 1 aromatic carbocycles. The molecule has 0 atom stereocenters. The van der Waals surface area contributed by atoms with Crippen molar-refractivity contribution in [1.82, 2.24) is 10.5 Å². The third-order valence-corrected chi connectivity index (χ3v) is 7.03. The van der Waals surface area contributed by atoms with Gasteiger partial charge in [0.1, 0.15) is 5.56 Å². The van der Waals surface area contributed by atoms with Crippen LogP contribution in [0.25, 0.3) is 11.3 Å². The van der Waals surface area contributed by atoms with Crippen LogP contribution in [0.2, 0.25) is 0 Å². The number of morpholine rings is 1. The van der Waals surface area contributed by atoms with Crippen molar-refractivity contribution < 1.29 is 14.1 Å². The van der Waals surface area contributed by atoms with Gasteiger partial charge >= 0.3 is 0 Å². The Morgan fingerprint density at radius 1 is 1.14 bits per heavy atom. The molecule has 2 heterocycles. The number of amides is 1. The van der Waals surface area contributed by atoms with Crippen LogP contribution in [0.3, 0.4) is 0 Å². The predicted octanol–water partition coefficient (Wildman–Crippen LogP) is 3.59. The van der Waals surface area contributed by atoms with E-state index >= 15 is 0 Å². The zero-order chi connectivity index (χ0) is 19.9. The largest absolute Gasteiger partial charge is 0.378 e. The van der Waals surface area contributed by atoms with Crippen molar-refractivity contribution in [2.45, 2.75) is 27.7 Å². The fraction of sp³-hybridized carbons (Fsp3) is 0.545. The number of hydrogen-bond acceptors (Lipinski definition) is 5. The maximum atomic E-state index is 13.2. The molecule has 1 aromatic heterocycles. The van der Waals surface area contributed by atoms with Gasteiger partial charge in [0, 0.05) is 25.2 Å². The minimum Gasteiger partial charge on any atom is -0.378 e. The van der Waals surface area contributed by atoms with Crippen molar-refractivity contribution in [3.63, 3.8) is 0 Å². The van der Waals surface area contributed by atoms with Crippen LogP contribution in [0.1, 0.15) is 38.1 Å². The number of carbonyl (C=O) groups is 1. The van der Waals surface area contributed by atoms with Gasteiger partial charge in [-0.3, -0.25) is 4.79 Å². The summed E-state index contributed by atoms with van der Waals surface area (Å²) in [5.74, 6) is 1.46. The predicted molar refractivity (Wildman–Crippen MR) is 108 cm³/mol. The molecule has 2 aromatic rings. The van der Waals surface area contributed by atoms with Gasteiger partial charge in [-0.15, -0.1) is 0 Å². The fourth-order valence-electron chi connectivity index (χ4n) is 4.39. The van der Waals surface area contributed by atoms with Gasteiger partial charge in [-0.05, 0) is 16.7 Å². The van der Waals surface area contributed by atoms with Crippen molar-refractivity contribution in [3.8, 4) is 11.3 Å². The lowest BCUT2D eigenvalue weighted by Gasteiger charge is -2.27. The first-order valence-corrected chi connectivity index (χ1v) is 10.00. The van der Waals surface area contributed by atoms with E-state index in [1.807, 2.05) is 30.3 Å².